The first-order valence-corrected chi connectivity index (χ1v) is 17.7. The van der Waals surface area contributed by atoms with Crippen LogP contribution in [0.3, 0.4) is 0 Å². The molecule has 11 nitrogen and oxygen atoms in total. The SMILES string of the molecule is CCOc1ccccc1C1(C(=O)NN2CCC(N3CCN(CC)CC3)CC2)C(=O)N(S(=O)(=O)c2ccccc2)c2cc(F)c(C#N)cc21. The number of amides is 2. The summed E-state index contributed by atoms with van der Waals surface area (Å²) in [5, 5.41) is 11.6. The number of nitriles is 1. The number of ether oxygens (including phenoxy) is 1. The van der Waals surface area contributed by atoms with Gasteiger partial charge in [0.15, 0.2) is 5.41 Å². The number of hydrogen-bond acceptors (Lipinski definition) is 9. The van der Waals surface area contributed by atoms with E-state index in [1.807, 2.05) is 0 Å². The van der Waals surface area contributed by atoms with Gasteiger partial charge in [-0.3, -0.25) is 19.9 Å². The van der Waals surface area contributed by atoms with Crippen molar-refractivity contribution in [1.82, 2.24) is 20.2 Å². The lowest BCUT2D eigenvalue weighted by molar-refractivity contribution is -0.137. The van der Waals surface area contributed by atoms with Gasteiger partial charge in [-0.05, 0) is 50.6 Å². The average Bonchev–Trinajstić information content (AvgIpc) is 3.36. The van der Waals surface area contributed by atoms with Crippen LogP contribution in [-0.2, 0) is 25.0 Å². The molecule has 0 bridgehead atoms. The molecule has 3 aliphatic rings. The smallest absolute Gasteiger partial charge is 0.270 e. The number of halogens is 1. The van der Waals surface area contributed by atoms with E-state index in [0.717, 1.165) is 57.7 Å². The predicted molar refractivity (Wildman–Crippen MR) is 177 cm³/mol. The fourth-order valence-electron chi connectivity index (χ4n) is 7.11. The molecule has 0 aliphatic carbocycles. The molecule has 2 amide bonds. The fourth-order valence-corrected chi connectivity index (χ4v) is 8.58. The number of carbonyl (C=O) groups is 2. The molecule has 0 spiro atoms. The van der Waals surface area contributed by atoms with Crippen LogP contribution in [0.1, 0.15) is 43.4 Å². The van der Waals surface area contributed by atoms with Gasteiger partial charge in [0.2, 0.25) is 0 Å². The maximum atomic E-state index is 15.3. The number of rotatable bonds is 9. The number of piperazine rings is 1. The van der Waals surface area contributed by atoms with Crippen molar-refractivity contribution in [2.75, 3.05) is 56.7 Å². The maximum Gasteiger partial charge on any atom is 0.270 e. The second-order valence-corrected chi connectivity index (χ2v) is 13.9. The molecule has 252 valence electrons. The van der Waals surface area contributed by atoms with E-state index < -0.39 is 38.6 Å². The Morgan fingerprint density at radius 3 is 2.29 bits per heavy atom. The van der Waals surface area contributed by atoms with Crippen molar-refractivity contribution in [2.24, 2.45) is 0 Å². The van der Waals surface area contributed by atoms with E-state index in [9.17, 15) is 23.3 Å². The summed E-state index contributed by atoms with van der Waals surface area (Å²) < 4.78 is 50.0. The number of benzene rings is 3. The third-order valence-electron chi connectivity index (χ3n) is 9.64. The standard InChI is InChI=1S/C35H39FN6O5S/c1-3-39-18-20-40(21-19-39)26-14-16-41(17-15-26)38-33(43)35(28-12-8-9-13-32(28)47-4-2)29-22-25(24-37)30(36)23-31(29)42(34(35)44)48(45,46)27-10-6-5-7-11-27/h5-13,22-23,26H,3-4,14-21H2,1-2H3,(H,38,43). The van der Waals surface area contributed by atoms with E-state index in [-0.39, 0.29) is 34.1 Å². The summed E-state index contributed by atoms with van der Waals surface area (Å²) >= 11 is 0. The summed E-state index contributed by atoms with van der Waals surface area (Å²) in [6.07, 6.45) is 1.58. The Morgan fingerprint density at radius 1 is 0.979 bits per heavy atom. The zero-order chi connectivity index (χ0) is 34.1. The van der Waals surface area contributed by atoms with Crippen LogP contribution >= 0.6 is 0 Å². The molecule has 6 rings (SSSR count). The zero-order valence-electron chi connectivity index (χ0n) is 27.1. The summed E-state index contributed by atoms with van der Waals surface area (Å²) in [7, 11) is -4.64. The number of anilines is 1. The van der Waals surface area contributed by atoms with Crippen LogP contribution in [0.2, 0.25) is 0 Å². The highest BCUT2D eigenvalue weighted by atomic mass is 32.2. The van der Waals surface area contributed by atoms with Gasteiger partial charge in [-0.25, -0.2) is 22.1 Å². The van der Waals surface area contributed by atoms with Gasteiger partial charge in [-0.1, -0.05) is 43.3 Å². The molecule has 3 aliphatic heterocycles. The van der Waals surface area contributed by atoms with Crippen molar-refractivity contribution in [3.8, 4) is 11.8 Å². The number of likely N-dealkylation sites (N-methyl/N-ethyl adjacent to an activating group) is 1. The topological polar surface area (TPSA) is 126 Å². The molecule has 1 unspecified atom stereocenters. The minimum absolute atomic E-state index is 0.0838. The molecule has 2 fully saturated rings. The molecule has 13 heteroatoms. The van der Waals surface area contributed by atoms with E-state index >= 15 is 4.39 Å². The lowest BCUT2D eigenvalue weighted by atomic mass is 9.73. The molecule has 3 aromatic carbocycles. The van der Waals surface area contributed by atoms with E-state index in [1.165, 1.54) is 30.3 Å². The number of hydrazine groups is 1. The van der Waals surface area contributed by atoms with Crippen molar-refractivity contribution in [1.29, 1.82) is 5.26 Å². The molecule has 0 saturated carbocycles. The third-order valence-corrected chi connectivity index (χ3v) is 11.4. The lowest BCUT2D eigenvalue weighted by Crippen LogP contribution is -2.60. The van der Waals surface area contributed by atoms with Crippen LogP contribution in [-0.4, -0.2) is 93.5 Å². The van der Waals surface area contributed by atoms with E-state index in [2.05, 4.69) is 22.1 Å². The Hall–Kier alpha value is -4.35. The minimum atomic E-state index is -4.64. The van der Waals surface area contributed by atoms with Crippen molar-refractivity contribution in [3.63, 3.8) is 0 Å². The first kappa shape index (κ1) is 33.5. The van der Waals surface area contributed by atoms with Gasteiger partial charge in [0, 0.05) is 62.5 Å². The zero-order valence-corrected chi connectivity index (χ0v) is 27.9. The minimum Gasteiger partial charge on any atom is -0.494 e. The van der Waals surface area contributed by atoms with Crippen LogP contribution in [0, 0.1) is 17.1 Å². The molecular weight excluding hydrogens is 635 g/mol. The van der Waals surface area contributed by atoms with Crippen molar-refractivity contribution in [3.05, 3.63) is 89.2 Å². The molecule has 1 atom stereocenters. The van der Waals surface area contributed by atoms with Gasteiger partial charge < -0.3 is 9.64 Å². The normalized spacial score (nSPS) is 21.1. The highest BCUT2D eigenvalue weighted by Gasteiger charge is 2.62. The molecule has 0 radical (unpaired) electrons. The molecule has 3 aromatic rings. The predicted octanol–water partition coefficient (Wildman–Crippen LogP) is 3.25. The van der Waals surface area contributed by atoms with Crippen LogP contribution in [0.15, 0.2) is 71.6 Å². The summed E-state index contributed by atoms with van der Waals surface area (Å²) in [6.45, 7) is 10.1. The number of piperidine rings is 1. The Bertz CT molecular complexity index is 1840. The van der Waals surface area contributed by atoms with Crippen molar-refractivity contribution >= 4 is 27.5 Å². The Labute approximate surface area is 280 Å². The van der Waals surface area contributed by atoms with Gasteiger partial charge in [0.25, 0.3) is 21.8 Å². The van der Waals surface area contributed by atoms with Gasteiger partial charge >= 0.3 is 0 Å². The first-order valence-electron chi connectivity index (χ1n) is 16.3. The average molecular weight is 675 g/mol. The number of hydrogen-bond donors (Lipinski definition) is 1. The van der Waals surface area contributed by atoms with Crippen LogP contribution in [0.4, 0.5) is 10.1 Å². The Morgan fingerprint density at radius 2 is 1.65 bits per heavy atom. The van der Waals surface area contributed by atoms with Crippen LogP contribution in [0.5, 0.6) is 5.75 Å². The van der Waals surface area contributed by atoms with Crippen LogP contribution < -0.4 is 14.5 Å². The Balaban J connectivity index is 1.43. The van der Waals surface area contributed by atoms with E-state index in [0.29, 0.717) is 23.4 Å². The monoisotopic (exact) mass is 674 g/mol. The summed E-state index contributed by atoms with van der Waals surface area (Å²) in [6, 6.07) is 17.8. The number of para-hydroxylation sites is 1. The van der Waals surface area contributed by atoms with Gasteiger partial charge in [0.1, 0.15) is 17.6 Å². The quantitative estimate of drug-likeness (QED) is 0.341. The maximum absolute atomic E-state index is 15.3. The lowest BCUT2D eigenvalue weighted by Gasteiger charge is -2.43. The first-order chi connectivity index (χ1) is 23.2. The van der Waals surface area contributed by atoms with E-state index in [4.69, 9.17) is 4.74 Å². The van der Waals surface area contributed by atoms with Gasteiger partial charge in [-0.2, -0.15) is 5.26 Å². The van der Waals surface area contributed by atoms with Crippen molar-refractivity contribution < 1.29 is 27.1 Å². The summed E-state index contributed by atoms with van der Waals surface area (Å²) in [4.78, 5) is 34.5. The van der Waals surface area contributed by atoms with E-state index in [1.54, 1.807) is 42.3 Å². The van der Waals surface area contributed by atoms with Crippen molar-refractivity contribution in [2.45, 2.75) is 43.0 Å². The van der Waals surface area contributed by atoms with Crippen LogP contribution in [0.25, 0.3) is 0 Å². The number of sulfonamides is 1. The van der Waals surface area contributed by atoms with Gasteiger partial charge in [-0.15, -0.1) is 0 Å². The largest absolute Gasteiger partial charge is 0.494 e. The third kappa shape index (κ3) is 5.72. The molecule has 3 heterocycles. The highest BCUT2D eigenvalue weighted by Crippen LogP contribution is 2.51. The summed E-state index contributed by atoms with van der Waals surface area (Å²) in [5.41, 5.74) is -0.219. The molecule has 1 N–H and O–H groups in total. The molecule has 0 aromatic heterocycles. The number of nitrogens with zero attached hydrogens (tertiary/aromatic N) is 5. The second kappa shape index (κ2) is 13.6. The second-order valence-electron chi connectivity index (χ2n) is 12.2. The molecule has 2 saturated heterocycles. The molecule has 48 heavy (non-hydrogen) atoms. The number of nitrogens with one attached hydrogen (secondary N) is 1. The summed E-state index contributed by atoms with van der Waals surface area (Å²) in [5.74, 6) is -2.78. The molecular formula is C35H39FN6O5S. The number of carbonyl (C=O) groups excluding carboxylic acids is 2. The fraction of sp³-hybridized carbons (Fsp3) is 0.400. The number of fused-ring (bicyclic) bond motifs is 1. The highest BCUT2D eigenvalue weighted by molar-refractivity contribution is 7.93. The Kier molecular flexibility index (Phi) is 9.53. The van der Waals surface area contributed by atoms with Gasteiger partial charge in [0.05, 0.1) is 22.8 Å².